The number of rotatable bonds is 4. The molecular formula is C20H26N4O4. The summed E-state index contributed by atoms with van der Waals surface area (Å²) in [6.45, 7) is 9.92. The maximum Gasteiger partial charge on any atom is 0.328 e. The molecule has 1 aliphatic heterocycles. The predicted molar refractivity (Wildman–Crippen MR) is 102 cm³/mol. The van der Waals surface area contributed by atoms with Crippen LogP contribution in [0.15, 0.2) is 24.3 Å². The standard InChI is InChI=1S/C20H26N4O4/c1-12(28-15-8-6-7-14(9-15)20(3,4)5)18(25)24-11-17-22-21-13(2)23(17)10-16(24)19(26)27/h6-9,12,16H,10-11H2,1-5H3,(H,26,27). The SMILES string of the molecule is Cc1nnc2n1CC(C(=O)O)N(C(=O)C(C)Oc1cccc(C(C)(C)C)c1)C2. The molecule has 1 aliphatic rings. The van der Waals surface area contributed by atoms with Crippen molar-refractivity contribution in [3.05, 3.63) is 41.5 Å². The van der Waals surface area contributed by atoms with E-state index in [1.54, 1.807) is 24.5 Å². The molecule has 8 heteroatoms. The summed E-state index contributed by atoms with van der Waals surface area (Å²) in [5.41, 5.74) is 1.05. The second-order valence-electron chi connectivity index (χ2n) is 8.13. The number of carboxylic acid groups (broad SMARTS) is 1. The van der Waals surface area contributed by atoms with Crippen LogP contribution in [0.25, 0.3) is 0 Å². The number of aryl methyl sites for hydroxylation is 1. The van der Waals surface area contributed by atoms with Crippen molar-refractivity contribution in [2.45, 2.75) is 65.3 Å². The van der Waals surface area contributed by atoms with Crippen LogP contribution < -0.4 is 4.74 Å². The van der Waals surface area contributed by atoms with Gasteiger partial charge in [-0.05, 0) is 37.0 Å². The van der Waals surface area contributed by atoms with Crippen LogP contribution in [0.4, 0.5) is 0 Å². The predicted octanol–water partition coefficient (Wildman–Crippen LogP) is 2.15. The molecule has 1 aromatic carbocycles. The van der Waals surface area contributed by atoms with Gasteiger partial charge in [-0.1, -0.05) is 32.9 Å². The summed E-state index contributed by atoms with van der Waals surface area (Å²) < 4.78 is 7.60. The van der Waals surface area contributed by atoms with E-state index in [-0.39, 0.29) is 24.4 Å². The lowest BCUT2D eigenvalue weighted by Gasteiger charge is -2.35. The number of hydrogen-bond acceptors (Lipinski definition) is 5. The topological polar surface area (TPSA) is 97.5 Å². The van der Waals surface area contributed by atoms with Gasteiger partial charge in [-0.15, -0.1) is 10.2 Å². The van der Waals surface area contributed by atoms with E-state index in [0.717, 1.165) is 5.56 Å². The Hall–Kier alpha value is -2.90. The first-order chi connectivity index (χ1) is 13.1. The Kier molecular flexibility index (Phi) is 5.14. The van der Waals surface area contributed by atoms with Gasteiger partial charge in [0.1, 0.15) is 17.6 Å². The van der Waals surface area contributed by atoms with Crippen LogP contribution >= 0.6 is 0 Å². The van der Waals surface area contributed by atoms with Crippen LogP contribution in [0.2, 0.25) is 0 Å². The molecule has 8 nitrogen and oxygen atoms in total. The fourth-order valence-electron chi connectivity index (χ4n) is 3.28. The molecule has 150 valence electrons. The lowest BCUT2D eigenvalue weighted by Crippen LogP contribution is -2.54. The molecule has 3 rings (SSSR count). The van der Waals surface area contributed by atoms with Crippen molar-refractivity contribution < 1.29 is 19.4 Å². The highest BCUT2D eigenvalue weighted by atomic mass is 16.5. The van der Waals surface area contributed by atoms with E-state index in [2.05, 4.69) is 31.0 Å². The van der Waals surface area contributed by atoms with Gasteiger partial charge in [0.2, 0.25) is 0 Å². The molecule has 1 N–H and O–H groups in total. The lowest BCUT2D eigenvalue weighted by atomic mass is 9.87. The van der Waals surface area contributed by atoms with Crippen LogP contribution in [0, 0.1) is 6.92 Å². The van der Waals surface area contributed by atoms with Gasteiger partial charge < -0.3 is 19.3 Å². The van der Waals surface area contributed by atoms with E-state index in [4.69, 9.17) is 4.74 Å². The number of benzene rings is 1. The van der Waals surface area contributed by atoms with Crippen LogP contribution in [-0.4, -0.2) is 48.8 Å². The van der Waals surface area contributed by atoms with Crippen LogP contribution in [-0.2, 0) is 28.1 Å². The number of carboxylic acids is 1. The van der Waals surface area contributed by atoms with Crippen molar-refractivity contribution in [2.75, 3.05) is 0 Å². The molecule has 28 heavy (non-hydrogen) atoms. The summed E-state index contributed by atoms with van der Waals surface area (Å²) >= 11 is 0. The fraction of sp³-hybridized carbons (Fsp3) is 0.500. The Morgan fingerprint density at radius 1 is 1.29 bits per heavy atom. The molecule has 0 aliphatic carbocycles. The highest BCUT2D eigenvalue weighted by Crippen LogP contribution is 2.27. The van der Waals surface area contributed by atoms with Crippen LogP contribution in [0.1, 0.15) is 44.9 Å². The molecule has 0 radical (unpaired) electrons. The summed E-state index contributed by atoms with van der Waals surface area (Å²) in [6.07, 6.45) is -0.826. The van der Waals surface area contributed by atoms with E-state index in [1.807, 2.05) is 18.2 Å². The fourth-order valence-corrected chi connectivity index (χ4v) is 3.28. The molecule has 1 aromatic heterocycles. The van der Waals surface area contributed by atoms with Gasteiger partial charge in [-0.3, -0.25) is 4.79 Å². The Bertz CT molecular complexity index is 900. The van der Waals surface area contributed by atoms with Gasteiger partial charge in [0.05, 0.1) is 13.1 Å². The summed E-state index contributed by atoms with van der Waals surface area (Å²) in [7, 11) is 0. The number of carbonyl (C=O) groups excluding carboxylic acids is 1. The van der Waals surface area contributed by atoms with Crippen molar-refractivity contribution in [1.29, 1.82) is 0 Å². The minimum absolute atomic E-state index is 0.0458. The van der Waals surface area contributed by atoms with Gasteiger partial charge in [-0.25, -0.2) is 4.79 Å². The maximum atomic E-state index is 13.0. The summed E-state index contributed by atoms with van der Waals surface area (Å²) in [4.78, 5) is 26.1. The smallest absolute Gasteiger partial charge is 0.328 e. The third kappa shape index (κ3) is 3.85. The van der Waals surface area contributed by atoms with Crippen molar-refractivity contribution in [2.24, 2.45) is 0 Å². The van der Waals surface area contributed by atoms with E-state index in [0.29, 0.717) is 17.4 Å². The average molecular weight is 386 g/mol. The number of fused-ring (bicyclic) bond motifs is 1. The Labute approximate surface area is 164 Å². The average Bonchev–Trinajstić information content (AvgIpc) is 2.99. The van der Waals surface area contributed by atoms with Crippen LogP contribution in [0.3, 0.4) is 0 Å². The highest BCUT2D eigenvalue weighted by molar-refractivity contribution is 5.86. The molecule has 2 atom stereocenters. The summed E-state index contributed by atoms with van der Waals surface area (Å²) in [6, 6.07) is 6.62. The molecule has 0 spiro atoms. The van der Waals surface area contributed by atoms with E-state index in [1.165, 1.54) is 4.90 Å². The number of amides is 1. The zero-order valence-electron chi connectivity index (χ0n) is 16.8. The molecule has 2 heterocycles. The second kappa shape index (κ2) is 7.26. The monoisotopic (exact) mass is 386 g/mol. The molecular weight excluding hydrogens is 360 g/mol. The number of hydrogen-bond donors (Lipinski definition) is 1. The third-order valence-electron chi connectivity index (χ3n) is 4.98. The number of nitrogens with zero attached hydrogens (tertiary/aromatic N) is 4. The normalized spacial score (nSPS) is 17.8. The molecule has 0 saturated heterocycles. The van der Waals surface area contributed by atoms with Crippen molar-refractivity contribution in [1.82, 2.24) is 19.7 Å². The van der Waals surface area contributed by atoms with E-state index >= 15 is 0 Å². The van der Waals surface area contributed by atoms with Gasteiger partial charge in [0, 0.05) is 0 Å². The third-order valence-corrected chi connectivity index (χ3v) is 4.98. The van der Waals surface area contributed by atoms with E-state index < -0.39 is 18.1 Å². The first-order valence-corrected chi connectivity index (χ1v) is 9.27. The minimum Gasteiger partial charge on any atom is -0.481 e. The minimum atomic E-state index is -1.06. The van der Waals surface area contributed by atoms with Crippen molar-refractivity contribution in [3.63, 3.8) is 0 Å². The summed E-state index contributed by atoms with van der Waals surface area (Å²) in [5, 5.41) is 17.7. The van der Waals surface area contributed by atoms with Gasteiger partial charge in [-0.2, -0.15) is 0 Å². The molecule has 2 unspecified atom stereocenters. The number of aromatic nitrogens is 3. The van der Waals surface area contributed by atoms with Crippen molar-refractivity contribution >= 4 is 11.9 Å². The first-order valence-electron chi connectivity index (χ1n) is 9.27. The maximum absolute atomic E-state index is 13.0. The molecule has 0 saturated carbocycles. The van der Waals surface area contributed by atoms with Gasteiger partial charge in [0.25, 0.3) is 5.91 Å². The zero-order chi connectivity index (χ0) is 20.6. The zero-order valence-corrected chi connectivity index (χ0v) is 16.8. The van der Waals surface area contributed by atoms with Gasteiger partial charge in [0.15, 0.2) is 11.9 Å². The van der Waals surface area contributed by atoms with Crippen LogP contribution in [0.5, 0.6) is 5.75 Å². The van der Waals surface area contributed by atoms with Gasteiger partial charge >= 0.3 is 5.97 Å². The Morgan fingerprint density at radius 3 is 2.64 bits per heavy atom. The Morgan fingerprint density at radius 2 is 2.00 bits per heavy atom. The van der Waals surface area contributed by atoms with Crippen molar-refractivity contribution in [3.8, 4) is 5.75 Å². The van der Waals surface area contributed by atoms with E-state index in [9.17, 15) is 14.7 Å². The highest BCUT2D eigenvalue weighted by Gasteiger charge is 2.38. The first kappa shape index (κ1) is 19.9. The number of ether oxygens (including phenoxy) is 1. The number of carbonyl (C=O) groups is 2. The molecule has 0 fully saturated rings. The molecule has 0 bridgehead atoms. The second-order valence-corrected chi connectivity index (χ2v) is 8.13. The lowest BCUT2D eigenvalue weighted by molar-refractivity contribution is -0.155. The summed E-state index contributed by atoms with van der Waals surface area (Å²) in [5.74, 6) is 0.340. The largest absolute Gasteiger partial charge is 0.481 e. The molecule has 2 aromatic rings. The molecule has 1 amide bonds. The number of aliphatic carboxylic acids is 1. The Balaban J connectivity index is 1.79. The quantitative estimate of drug-likeness (QED) is 0.865.